The minimum Gasteiger partial charge on any atom is -0.481 e. The van der Waals surface area contributed by atoms with E-state index in [-0.39, 0.29) is 40.1 Å². The summed E-state index contributed by atoms with van der Waals surface area (Å²) < 4.78 is 52.3. The van der Waals surface area contributed by atoms with E-state index in [1.807, 2.05) is 0 Å². The Kier molecular flexibility index (Phi) is 6.38. The maximum absolute atomic E-state index is 12.6. The third-order valence-electron chi connectivity index (χ3n) is 3.21. The summed E-state index contributed by atoms with van der Waals surface area (Å²) in [6, 6.07) is 11.6. The highest BCUT2D eigenvalue weighted by molar-refractivity contribution is 7.99. The molecule has 0 saturated heterocycles. The first-order valence-electron chi connectivity index (χ1n) is 7.15. The zero-order valence-electron chi connectivity index (χ0n) is 12.9. The molecular formula is C16H15F2NO4S2. The number of hydrogen-bond donors (Lipinski definition) is 2. The topological polar surface area (TPSA) is 83.5 Å². The van der Waals surface area contributed by atoms with Crippen LogP contribution in [0.4, 0.5) is 14.5 Å². The number of aryl methyl sites for hydroxylation is 1. The average molecular weight is 387 g/mol. The highest BCUT2D eigenvalue weighted by Crippen LogP contribution is 2.32. The van der Waals surface area contributed by atoms with Crippen LogP contribution in [0.2, 0.25) is 0 Å². The summed E-state index contributed by atoms with van der Waals surface area (Å²) in [5.41, 5.74) is 0.762. The lowest BCUT2D eigenvalue weighted by atomic mass is 10.1. The number of carbonyl (C=O) groups is 1. The molecule has 0 aliphatic heterocycles. The summed E-state index contributed by atoms with van der Waals surface area (Å²) in [5.74, 6) is -3.61. The first-order chi connectivity index (χ1) is 11.8. The van der Waals surface area contributed by atoms with E-state index in [2.05, 4.69) is 4.72 Å². The molecule has 0 fully saturated rings. The Morgan fingerprint density at radius 1 is 1.12 bits per heavy atom. The normalized spacial score (nSPS) is 11.5. The van der Waals surface area contributed by atoms with Crippen LogP contribution in [0.3, 0.4) is 0 Å². The summed E-state index contributed by atoms with van der Waals surface area (Å²) in [4.78, 5) is 10.6. The Balaban J connectivity index is 2.18. The van der Waals surface area contributed by atoms with Gasteiger partial charge in [0.1, 0.15) is 0 Å². The smallest absolute Gasteiger partial charge is 0.303 e. The van der Waals surface area contributed by atoms with Crippen LogP contribution in [-0.2, 0) is 21.2 Å². The molecule has 0 aliphatic rings. The number of hydrogen-bond acceptors (Lipinski definition) is 4. The lowest BCUT2D eigenvalue weighted by Gasteiger charge is -2.12. The van der Waals surface area contributed by atoms with Crippen LogP contribution >= 0.6 is 11.8 Å². The Morgan fingerprint density at radius 3 is 2.36 bits per heavy atom. The van der Waals surface area contributed by atoms with Crippen molar-refractivity contribution >= 4 is 33.4 Å². The van der Waals surface area contributed by atoms with E-state index in [4.69, 9.17) is 5.11 Å². The predicted molar refractivity (Wildman–Crippen MR) is 91.5 cm³/mol. The van der Waals surface area contributed by atoms with Gasteiger partial charge in [-0.15, -0.1) is 0 Å². The van der Waals surface area contributed by atoms with Gasteiger partial charge in [0.05, 0.1) is 10.6 Å². The number of alkyl halides is 2. The molecule has 2 N–H and O–H groups in total. The van der Waals surface area contributed by atoms with Gasteiger partial charge >= 0.3 is 5.97 Å². The first-order valence-corrected chi connectivity index (χ1v) is 9.51. The van der Waals surface area contributed by atoms with Crippen molar-refractivity contribution < 1.29 is 27.1 Å². The molecule has 0 heterocycles. The van der Waals surface area contributed by atoms with Crippen molar-refractivity contribution in [3.8, 4) is 0 Å². The van der Waals surface area contributed by atoms with Crippen LogP contribution in [0.25, 0.3) is 0 Å². The highest BCUT2D eigenvalue weighted by atomic mass is 32.2. The molecule has 0 unspecified atom stereocenters. The fourth-order valence-electron chi connectivity index (χ4n) is 2.04. The fraction of sp³-hybridized carbons (Fsp3) is 0.188. The number of para-hydroxylation sites is 1. The van der Waals surface area contributed by atoms with Gasteiger partial charge in [-0.3, -0.25) is 9.52 Å². The Morgan fingerprint density at radius 2 is 1.76 bits per heavy atom. The van der Waals surface area contributed by atoms with Gasteiger partial charge in [-0.25, -0.2) is 8.42 Å². The van der Waals surface area contributed by atoms with Crippen molar-refractivity contribution in [2.24, 2.45) is 0 Å². The number of benzene rings is 2. The Labute approximate surface area is 148 Å². The largest absolute Gasteiger partial charge is 0.481 e. The lowest BCUT2D eigenvalue weighted by Crippen LogP contribution is -2.13. The zero-order chi connectivity index (χ0) is 18.4. The van der Waals surface area contributed by atoms with Gasteiger partial charge in [-0.05, 0) is 36.2 Å². The number of thioether (sulfide) groups is 1. The highest BCUT2D eigenvalue weighted by Gasteiger charge is 2.17. The molecule has 0 bridgehead atoms. The van der Waals surface area contributed by atoms with Crippen molar-refractivity contribution in [2.45, 2.75) is 28.4 Å². The summed E-state index contributed by atoms with van der Waals surface area (Å²) in [6.45, 7) is 0. The number of carboxylic acid groups (broad SMARTS) is 1. The van der Waals surface area contributed by atoms with E-state index in [0.29, 0.717) is 5.56 Å². The standard InChI is InChI=1S/C16H15F2NO4S2/c17-16(18)24-14-4-2-1-3-13(14)19-25(22,23)12-8-5-11(6-9-12)7-10-15(20)21/h1-6,8-9,16,19H,7,10H2,(H,20,21). The second kappa shape index (κ2) is 8.30. The number of anilines is 1. The van der Waals surface area contributed by atoms with E-state index in [0.717, 1.165) is 0 Å². The maximum atomic E-state index is 12.6. The molecule has 2 aromatic carbocycles. The van der Waals surface area contributed by atoms with Crippen molar-refractivity contribution in [1.82, 2.24) is 0 Å². The molecule has 2 aromatic rings. The Hall–Kier alpha value is -2.13. The number of aliphatic carboxylic acids is 1. The summed E-state index contributed by atoms with van der Waals surface area (Å²) in [6.07, 6.45) is 0.236. The van der Waals surface area contributed by atoms with Crippen molar-refractivity contribution in [2.75, 3.05) is 4.72 Å². The van der Waals surface area contributed by atoms with Gasteiger partial charge in [0, 0.05) is 11.3 Å². The quantitative estimate of drug-likeness (QED) is 0.673. The summed E-state index contributed by atoms with van der Waals surface area (Å²) >= 11 is 0.257. The molecule has 0 atom stereocenters. The van der Waals surface area contributed by atoms with E-state index >= 15 is 0 Å². The van der Waals surface area contributed by atoms with Crippen LogP contribution in [-0.4, -0.2) is 25.3 Å². The van der Waals surface area contributed by atoms with Gasteiger partial charge in [-0.1, -0.05) is 36.0 Å². The second-order valence-corrected chi connectivity index (χ2v) is 7.73. The average Bonchev–Trinajstić information content (AvgIpc) is 2.54. The lowest BCUT2D eigenvalue weighted by molar-refractivity contribution is -0.136. The summed E-state index contributed by atoms with van der Waals surface area (Å²) in [5, 5.41) is 8.65. The molecule has 0 saturated carbocycles. The number of carboxylic acids is 1. The molecule has 0 radical (unpaired) electrons. The molecule has 0 spiro atoms. The van der Waals surface area contributed by atoms with Gasteiger partial charge in [0.25, 0.3) is 15.8 Å². The van der Waals surface area contributed by atoms with Gasteiger partial charge in [0.2, 0.25) is 0 Å². The molecule has 134 valence electrons. The molecule has 0 amide bonds. The van der Waals surface area contributed by atoms with E-state index in [9.17, 15) is 22.0 Å². The molecule has 0 aliphatic carbocycles. The van der Waals surface area contributed by atoms with Crippen LogP contribution in [0.15, 0.2) is 58.3 Å². The van der Waals surface area contributed by atoms with E-state index in [1.165, 1.54) is 36.4 Å². The number of nitrogens with one attached hydrogen (secondary N) is 1. The minimum absolute atomic E-state index is 0.0385. The van der Waals surface area contributed by atoms with Crippen LogP contribution in [0.1, 0.15) is 12.0 Å². The van der Waals surface area contributed by atoms with Crippen molar-refractivity contribution in [3.63, 3.8) is 0 Å². The van der Waals surface area contributed by atoms with Gasteiger partial charge < -0.3 is 5.11 Å². The third kappa shape index (κ3) is 5.71. The molecule has 5 nitrogen and oxygen atoms in total. The number of sulfonamides is 1. The molecule has 2 rings (SSSR count). The molecule has 25 heavy (non-hydrogen) atoms. The van der Waals surface area contributed by atoms with Gasteiger partial charge in [-0.2, -0.15) is 8.78 Å². The van der Waals surface area contributed by atoms with Gasteiger partial charge in [0.15, 0.2) is 0 Å². The predicted octanol–water partition coefficient (Wildman–Crippen LogP) is 3.82. The third-order valence-corrected chi connectivity index (χ3v) is 5.38. The second-order valence-electron chi connectivity index (χ2n) is 5.02. The van der Waals surface area contributed by atoms with Crippen LogP contribution < -0.4 is 4.72 Å². The van der Waals surface area contributed by atoms with Crippen LogP contribution in [0, 0.1) is 0 Å². The van der Waals surface area contributed by atoms with E-state index in [1.54, 1.807) is 12.1 Å². The monoisotopic (exact) mass is 387 g/mol. The van der Waals surface area contributed by atoms with Crippen molar-refractivity contribution in [3.05, 3.63) is 54.1 Å². The first kappa shape index (κ1) is 19.2. The SMILES string of the molecule is O=C(O)CCc1ccc(S(=O)(=O)Nc2ccccc2SC(F)F)cc1. The molecule has 0 aromatic heterocycles. The number of halogens is 2. The molecular weight excluding hydrogens is 372 g/mol. The zero-order valence-corrected chi connectivity index (χ0v) is 14.5. The minimum atomic E-state index is -3.94. The Bertz CT molecular complexity index is 839. The fourth-order valence-corrected chi connectivity index (χ4v) is 3.78. The van der Waals surface area contributed by atoms with Crippen LogP contribution in [0.5, 0.6) is 0 Å². The maximum Gasteiger partial charge on any atom is 0.303 e. The van der Waals surface area contributed by atoms with E-state index < -0.39 is 21.8 Å². The summed E-state index contributed by atoms with van der Waals surface area (Å²) in [7, 11) is -3.94. The molecule has 9 heteroatoms. The van der Waals surface area contributed by atoms with Crippen molar-refractivity contribution in [1.29, 1.82) is 0 Å². The number of rotatable bonds is 8.